The predicted molar refractivity (Wildman–Crippen MR) is 146 cm³/mol. The molecule has 1 atom stereocenters. The minimum Gasteiger partial charge on any atom is -0.506 e. The molecule has 192 valence electrons. The van der Waals surface area contributed by atoms with E-state index in [-0.39, 0.29) is 16.9 Å². The number of carbonyl (C=O) groups is 2. The summed E-state index contributed by atoms with van der Waals surface area (Å²) >= 11 is 0. The molecule has 1 saturated heterocycles. The van der Waals surface area contributed by atoms with Crippen LogP contribution in [0.25, 0.3) is 5.76 Å². The minimum atomic E-state index is -0.839. The number of hydrogen-bond donors (Lipinski definition) is 1. The highest BCUT2D eigenvalue weighted by molar-refractivity contribution is 6.51. The predicted octanol–water partition coefficient (Wildman–Crippen LogP) is 5.48. The molecule has 0 bridgehead atoms. The van der Waals surface area contributed by atoms with E-state index in [1.165, 1.54) is 19.1 Å². The van der Waals surface area contributed by atoms with Gasteiger partial charge in [0.05, 0.1) is 25.8 Å². The van der Waals surface area contributed by atoms with Crippen molar-refractivity contribution in [2.75, 3.05) is 37.1 Å². The van der Waals surface area contributed by atoms with Crippen LogP contribution in [0.15, 0.2) is 72.3 Å². The molecule has 1 unspecified atom stereocenters. The van der Waals surface area contributed by atoms with Crippen molar-refractivity contribution in [1.29, 1.82) is 0 Å². The molecule has 37 heavy (non-hydrogen) atoms. The smallest absolute Gasteiger partial charge is 0.300 e. The summed E-state index contributed by atoms with van der Waals surface area (Å²) in [5.74, 6) is -1.17. The largest absolute Gasteiger partial charge is 0.506 e. The van der Waals surface area contributed by atoms with Gasteiger partial charge in [-0.15, -0.1) is 0 Å². The van der Waals surface area contributed by atoms with Gasteiger partial charge in [-0.1, -0.05) is 35.9 Å². The lowest BCUT2D eigenvalue weighted by Gasteiger charge is -2.27. The summed E-state index contributed by atoms with van der Waals surface area (Å²) in [6, 6.07) is 19.4. The van der Waals surface area contributed by atoms with E-state index < -0.39 is 17.7 Å². The molecule has 4 rings (SSSR count). The molecule has 3 aromatic carbocycles. The topological polar surface area (TPSA) is 79.3 Å². The second kappa shape index (κ2) is 10.8. The van der Waals surface area contributed by atoms with Gasteiger partial charge in [0.1, 0.15) is 22.8 Å². The number of anilines is 2. The van der Waals surface area contributed by atoms with Crippen molar-refractivity contribution in [3.63, 3.8) is 0 Å². The summed E-state index contributed by atoms with van der Waals surface area (Å²) in [4.78, 5) is 30.7. The molecule has 0 spiro atoms. The Hall–Kier alpha value is -4.26. The quantitative estimate of drug-likeness (QED) is 0.251. The molecule has 1 aliphatic heterocycles. The summed E-state index contributed by atoms with van der Waals surface area (Å²) in [7, 11) is 2.94. The lowest BCUT2D eigenvalue weighted by Crippen LogP contribution is -2.29. The number of ketones is 1. The van der Waals surface area contributed by atoms with Crippen molar-refractivity contribution in [3.05, 3.63) is 89.0 Å². The van der Waals surface area contributed by atoms with Gasteiger partial charge in [-0.25, -0.2) is 0 Å². The summed E-state index contributed by atoms with van der Waals surface area (Å²) < 4.78 is 10.9. The Balaban J connectivity index is 1.94. The Morgan fingerprint density at radius 3 is 2.05 bits per heavy atom. The lowest BCUT2D eigenvalue weighted by molar-refractivity contribution is -0.132. The molecule has 1 heterocycles. The zero-order valence-corrected chi connectivity index (χ0v) is 21.8. The number of aryl methyl sites for hydroxylation is 1. The average molecular weight is 501 g/mol. The summed E-state index contributed by atoms with van der Waals surface area (Å²) in [5, 5.41) is 11.6. The maximum atomic E-state index is 13.5. The molecule has 1 aliphatic rings. The molecule has 0 saturated carbocycles. The molecular formula is C30H32N2O5. The number of nitrogens with zero attached hydrogens (tertiary/aromatic N) is 2. The first-order valence-corrected chi connectivity index (χ1v) is 12.3. The fourth-order valence-corrected chi connectivity index (χ4v) is 4.89. The van der Waals surface area contributed by atoms with Crippen molar-refractivity contribution in [2.24, 2.45) is 0 Å². The molecule has 0 aromatic heterocycles. The summed E-state index contributed by atoms with van der Waals surface area (Å²) in [6.07, 6.45) is 0. The first-order chi connectivity index (χ1) is 17.9. The number of methoxy groups -OCH3 is 2. The highest BCUT2D eigenvalue weighted by Crippen LogP contribution is 2.45. The van der Waals surface area contributed by atoms with Crippen molar-refractivity contribution in [2.45, 2.75) is 26.8 Å². The van der Waals surface area contributed by atoms with Crippen LogP contribution in [0.3, 0.4) is 0 Å². The molecule has 0 radical (unpaired) electrons. The van der Waals surface area contributed by atoms with Crippen LogP contribution in [0.2, 0.25) is 0 Å². The van der Waals surface area contributed by atoms with Gasteiger partial charge < -0.3 is 19.5 Å². The number of hydrogen-bond acceptors (Lipinski definition) is 6. The number of aliphatic hydroxyl groups excluding tert-OH is 1. The Morgan fingerprint density at radius 1 is 0.919 bits per heavy atom. The normalized spacial score (nSPS) is 16.7. The van der Waals surface area contributed by atoms with Gasteiger partial charge in [0.25, 0.3) is 11.7 Å². The third-order valence-corrected chi connectivity index (χ3v) is 6.72. The molecule has 7 heteroatoms. The van der Waals surface area contributed by atoms with Crippen LogP contribution in [0, 0.1) is 6.92 Å². The Kier molecular flexibility index (Phi) is 7.53. The Labute approximate surface area is 217 Å². The SMILES string of the molecule is CCN(CC)c1ccc(N2C(=O)C(=O)/C(=C(/O)c3c(OC)cccc3OC)C2c2cccc(C)c2)cc1. The molecule has 1 fully saturated rings. The van der Waals surface area contributed by atoms with Crippen LogP contribution < -0.4 is 19.3 Å². The van der Waals surface area contributed by atoms with E-state index in [2.05, 4.69) is 18.7 Å². The van der Waals surface area contributed by atoms with E-state index in [0.29, 0.717) is 22.7 Å². The van der Waals surface area contributed by atoms with E-state index in [4.69, 9.17) is 9.47 Å². The summed E-state index contributed by atoms with van der Waals surface area (Å²) in [5.41, 5.74) is 3.47. The van der Waals surface area contributed by atoms with E-state index in [0.717, 1.165) is 24.3 Å². The van der Waals surface area contributed by atoms with Gasteiger partial charge in [0.2, 0.25) is 0 Å². The van der Waals surface area contributed by atoms with Crippen molar-refractivity contribution in [3.8, 4) is 11.5 Å². The zero-order chi connectivity index (χ0) is 26.7. The van der Waals surface area contributed by atoms with E-state index >= 15 is 0 Å². The third kappa shape index (κ3) is 4.65. The van der Waals surface area contributed by atoms with Gasteiger partial charge in [0, 0.05) is 24.5 Å². The van der Waals surface area contributed by atoms with Crippen LogP contribution in [0.4, 0.5) is 11.4 Å². The standard InChI is InChI=1S/C30H32N2O5/c1-6-31(7-2)21-14-16-22(17-15-21)32-27(20-11-8-10-19(3)18-20)26(29(34)30(32)35)28(33)25-23(36-4)12-9-13-24(25)37-5/h8-18,27,33H,6-7H2,1-5H3/b28-26+. The minimum absolute atomic E-state index is 0.0220. The van der Waals surface area contributed by atoms with Crippen molar-refractivity contribution in [1.82, 2.24) is 0 Å². The molecule has 3 aromatic rings. The van der Waals surface area contributed by atoms with E-state index in [9.17, 15) is 14.7 Å². The first kappa shape index (κ1) is 25.8. The molecule has 1 N–H and O–H groups in total. The summed E-state index contributed by atoms with van der Waals surface area (Å²) in [6.45, 7) is 7.81. The van der Waals surface area contributed by atoms with Crippen LogP contribution in [0.1, 0.15) is 36.6 Å². The molecule has 7 nitrogen and oxygen atoms in total. The number of rotatable bonds is 8. The fourth-order valence-electron chi connectivity index (χ4n) is 4.89. The number of amides is 1. The molecular weight excluding hydrogens is 468 g/mol. The lowest BCUT2D eigenvalue weighted by atomic mass is 9.93. The number of carbonyl (C=O) groups excluding carboxylic acids is 2. The van der Waals surface area contributed by atoms with Crippen molar-refractivity contribution < 1.29 is 24.2 Å². The van der Waals surface area contributed by atoms with Gasteiger partial charge in [-0.05, 0) is 62.7 Å². The van der Waals surface area contributed by atoms with Gasteiger partial charge in [-0.3, -0.25) is 14.5 Å². The van der Waals surface area contributed by atoms with Crippen LogP contribution in [-0.2, 0) is 9.59 Å². The molecule has 1 amide bonds. The van der Waals surface area contributed by atoms with Crippen LogP contribution in [-0.4, -0.2) is 44.1 Å². The number of ether oxygens (including phenoxy) is 2. The monoisotopic (exact) mass is 500 g/mol. The highest BCUT2D eigenvalue weighted by atomic mass is 16.5. The Morgan fingerprint density at radius 2 is 1.51 bits per heavy atom. The number of aliphatic hydroxyl groups is 1. The van der Waals surface area contributed by atoms with Crippen molar-refractivity contribution >= 4 is 28.8 Å². The zero-order valence-electron chi connectivity index (χ0n) is 21.8. The maximum absolute atomic E-state index is 13.5. The van der Waals surface area contributed by atoms with Gasteiger partial charge in [-0.2, -0.15) is 0 Å². The first-order valence-electron chi connectivity index (χ1n) is 12.3. The fraction of sp³-hybridized carbons (Fsp3) is 0.267. The molecule has 0 aliphatic carbocycles. The van der Waals surface area contributed by atoms with Crippen LogP contribution in [0.5, 0.6) is 11.5 Å². The van der Waals surface area contributed by atoms with E-state index in [1.807, 2.05) is 55.5 Å². The Bertz CT molecular complexity index is 1320. The average Bonchev–Trinajstić information content (AvgIpc) is 3.19. The van der Waals surface area contributed by atoms with Gasteiger partial charge >= 0.3 is 0 Å². The second-order valence-electron chi connectivity index (χ2n) is 8.81. The number of benzene rings is 3. The van der Waals surface area contributed by atoms with Crippen LogP contribution >= 0.6 is 0 Å². The third-order valence-electron chi connectivity index (χ3n) is 6.72. The maximum Gasteiger partial charge on any atom is 0.300 e. The number of Topliss-reactive ketones (excluding diaryl/α,β-unsaturated/α-hetero) is 1. The van der Waals surface area contributed by atoms with E-state index in [1.54, 1.807) is 18.2 Å². The highest BCUT2D eigenvalue weighted by Gasteiger charge is 2.47. The van der Waals surface area contributed by atoms with Gasteiger partial charge in [0.15, 0.2) is 0 Å². The second-order valence-corrected chi connectivity index (χ2v) is 8.81.